The van der Waals surface area contributed by atoms with Crippen molar-refractivity contribution >= 4 is 29.0 Å². The molecule has 4 nitrogen and oxygen atoms in total. The van der Waals surface area contributed by atoms with Crippen molar-refractivity contribution < 1.29 is 4.79 Å². The maximum absolute atomic E-state index is 12.0. The van der Waals surface area contributed by atoms with E-state index in [1.54, 1.807) is 12.3 Å². The molecular weight excluding hydrogens is 318 g/mol. The van der Waals surface area contributed by atoms with Crippen LogP contribution < -0.4 is 5.43 Å². The summed E-state index contributed by atoms with van der Waals surface area (Å²) < 4.78 is 0. The third-order valence-corrected chi connectivity index (χ3v) is 3.94. The molecule has 0 unspecified atom stereocenters. The van der Waals surface area contributed by atoms with Gasteiger partial charge in [0.1, 0.15) is 5.01 Å². The molecule has 0 saturated heterocycles. The normalized spacial score (nSPS) is 10.5. The first-order valence-corrected chi connectivity index (χ1v) is 8.27. The Morgan fingerprint density at radius 3 is 2.17 bits per heavy atom. The van der Waals surface area contributed by atoms with Crippen LogP contribution in [0.1, 0.15) is 16.1 Å². The van der Waals surface area contributed by atoms with Gasteiger partial charge in [-0.3, -0.25) is 4.79 Å². The quantitative estimate of drug-likeness (QED) is 0.439. The molecule has 1 aromatic heterocycles. The van der Waals surface area contributed by atoms with E-state index in [-0.39, 0.29) is 5.91 Å². The van der Waals surface area contributed by atoms with Crippen molar-refractivity contribution in [3.8, 4) is 0 Å². The largest absolute Gasteiger partial charge is 0.268 e. The summed E-state index contributed by atoms with van der Waals surface area (Å²) in [5, 5.41) is 6.95. The number of hydrogen-bond donors (Lipinski definition) is 1. The smallest absolute Gasteiger partial charge is 0.264 e. The molecule has 1 N–H and O–H groups in total. The van der Waals surface area contributed by atoms with Crippen LogP contribution in [0.5, 0.6) is 0 Å². The summed E-state index contributed by atoms with van der Waals surface area (Å²) in [6.45, 7) is 0. The molecule has 24 heavy (non-hydrogen) atoms. The number of rotatable bonds is 5. The van der Waals surface area contributed by atoms with Gasteiger partial charge in [0.25, 0.3) is 5.91 Å². The van der Waals surface area contributed by atoms with Crippen LogP contribution in [0.3, 0.4) is 0 Å². The number of hydrazone groups is 1. The Kier molecular flexibility index (Phi) is 5.27. The van der Waals surface area contributed by atoms with E-state index >= 15 is 0 Å². The third kappa shape index (κ3) is 4.24. The number of aromatic nitrogens is 1. The van der Waals surface area contributed by atoms with Gasteiger partial charge in [0, 0.05) is 28.8 Å². The summed E-state index contributed by atoms with van der Waals surface area (Å²) in [6, 6.07) is 19.5. The topological polar surface area (TPSA) is 54.4 Å². The van der Waals surface area contributed by atoms with Crippen molar-refractivity contribution in [3.63, 3.8) is 0 Å². The molecule has 0 fully saturated rings. The van der Waals surface area contributed by atoms with Crippen LogP contribution in [0.15, 0.2) is 83.4 Å². The van der Waals surface area contributed by atoms with Crippen LogP contribution in [-0.2, 0) is 4.79 Å². The molecule has 0 aliphatic rings. The van der Waals surface area contributed by atoms with Gasteiger partial charge in [0.05, 0.1) is 5.71 Å². The molecule has 118 valence electrons. The van der Waals surface area contributed by atoms with Crippen molar-refractivity contribution in [3.05, 3.63) is 94.5 Å². The minimum absolute atomic E-state index is 0.297. The number of carbonyl (C=O) groups is 1. The summed E-state index contributed by atoms with van der Waals surface area (Å²) in [5.41, 5.74) is 5.17. The summed E-state index contributed by atoms with van der Waals surface area (Å²) in [5.74, 6) is -0.297. The molecule has 0 atom stereocenters. The average molecular weight is 333 g/mol. The van der Waals surface area contributed by atoms with Crippen molar-refractivity contribution in [2.45, 2.75) is 0 Å². The van der Waals surface area contributed by atoms with E-state index in [0.29, 0.717) is 5.71 Å². The first kappa shape index (κ1) is 15.8. The lowest BCUT2D eigenvalue weighted by atomic mass is 10.0. The molecule has 1 heterocycles. The van der Waals surface area contributed by atoms with Crippen molar-refractivity contribution in [2.75, 3.05) is 0 Å². The van der Waals surface area contributed by atoms with E-state index < -0.39 is 0 Å². The van der Waals surface area contributed by atoms with Crippen molar-refractivity contribution in [2.24, 2.45) is 5.10 Å². The number of hydrogen-bond acceptors (Lipinski definition) is 4. The van der Waals surface area contributed by atoms with Crippen LogP contribution in [0.2, 0.25) is 0 Å². The molecule has 0 aliphatic carbocycles. The highest BCUT2D eigenvalue weighted by Gasteiger charge is 2.07. The fourth-order valence-electron chi connectivity index (χ4n) is 2.10. The molecule has 0 radical (unpaired) electrons. The first-order chi connectivity index (χ1) is 11.8. The second-order valence-corrected chi connectivity index (χ2v) is 5.80. The molecule has 0 saturated carbocycles. The summed E-state index contributed by atoms with van der Waals surface area (Å²) in [6.07, 6.45) is 4.79. The zero-order valence-corrected chi connectivity index (χ0v) is 13.6. The highest BCUT2D eigenvalue weighted by atomic mass is 32.1. The molecule has 0 bridgehead atoms. The fourth-order valence-corrected chi connectivity index (χ4v) is 2.63. The van der Waals surface area contributed by atoms with Gasteiger partial charge in [-0.15, -0.1) is 11.3 Å². The molecule has 1 amide bonds. The molecule has 0 spiro atoms. The Morgan fingerprint density at radius 2 is 1.62 bits per heavy atom. The van der Waals surface area contributed by atoms with Crippen LogP contribution in [0.25, 0.3) is 6.08 Å². The van der Waals surface area contributed by atoms with E-state index in [9.17, 15) is 4.79 Å². The van der Waals surface area contributed by atoms with Crippen LogP contribution in [0, 0.1) is 0 Å². The van der Waals surface area contributed by atoms with E-state index in [0.717, 1.165) is 16.1 Å². The lowest BCUT2D eigenvalue weighted by Crippen LogP contribution is -2.18. The number of benzene rings is 2. The standard InChI is InChI=1S/C19H15N3OS/c23-17(11-12-18-20-13-14-24-18)21-22-19(15-7-3-1-4-8-15)16-9-5-2-6-10-16/h1-14H,(H,21,23). The molecule has 0 aliphatic heterocycles. The Labute approximate surface area is 144 Å². The minimum atomic E-state index is -0.297. The van der Waals surface area contributed by atoms with Gasteiger partial charge >= 0.3 is 0 Å². The van der Waals surface area contributed by atoms with E-state index in [2.05, 4.69) is 15.5 Å². The zero-order valence-electron chi connectivity index (χ0n) is 12.8. The number of nitrogens with one attached hydrogen (secondary N) is 1. The SMILES string of the molecule is O=C(C=Cc1nccs1)NN=C(c1ccccc1)c1ccccc1. The Bertz CT molecular complexity index is 799. The third-order valence-electron chi connectivity index (χ3n) is 3.20. The maximum atomic E-state index is 12.0. The fraction of sp³-hybridized carbons (Fsp3) is 0. The lowest BCUT2D eigenvalue weighted by Gasteiger charge is -2.07. The van der Waals surface area contributed by atoms with Crippen molar-refractivity contribution in [1.29, 1.82) is 0 Å². The Balaban J connectivity index is 1.81. The van der Waals surface area contributed by atoms with Gasteiger partial charge in [-0.25, -0.2) is 10.4 Å². The summed E-state index contributed by atoms with van der Waals surface area (Å²) in [7, 11) is 0. The van der Waals surface area contributed by atoms with Gasteiger partial charge in [-0.2, -0.15) is 5.10 Å². The van der Waals surface area contributed by atoms with E-state index in [1.165, 1.54) is 17.4 Å². The lowest BCUT2D eigenvalue weighted by molar-refractivity contribution is -0.116. The number of carbonyl (C=O) groups excluding carboxylic acids is 1. The minimum Gasteiger partial charge on any atom is -0.268 e. The van der Waals surface area contributed by atoms with Crippen LogP contribution >= 0.6 is 11.3 Å². The second kappa shape index (κ2) is 7.99. The number of nitrogens with zero attached hydrogens (tertiary/aromatic N) is 2. The number of amides is 1. The molecule has 2 aromatic carbocycles. The molecule has 5 heteroatoms. The van der Waals surface area contributed by atoms with Crippen LogP contribution in [-0.4, -0.2) is 16.6 Å². The highest BCUT2D eigenvalue weighted by Crippen LogP contribution is 2.10. The summed E-state index contributed by atoms with van der Waals surface area (Å²) in [4.78, 5) is 16.1. The Morgan fingerprint density at radius 1 is 1.00 bits per heavy atom. The Hall–Kier alpha value is -3.05. The van der Waals surface area contributed by atoms with Gasteiger partial charge in [-0.1, -0.05) is 60.7 Å². The highest BCUT2D eigenvalue weighted by molar-refractivity contribution is 7.10. The maximum Gasteiger partial charge on any atom is 0.264 e. The van der Waals surface area contributed by atoms with Crippen LogP contribution in [0.4, 0.5) is 0 Å². The average Bonchev–Trinajstić information content (AvgIpc) is 3.16. The predicted molar refractivity (Wildman–Crippen MR) is 97.8 cm³/mol. The summed E-state index contributed by atoms with van der Waals surface area (Å²) >= 11 is 1.47. The van der Waals surface area contributed by atoms with Gasteiger partial charge in [0.2, 0.25) is 0 Å². The zero-order chi connectivity index (χ0) is 16.6. The van der Waals surface area contributed by atoms with E-state index in [4.69, 9.17) is 0 Å². The number of thiazole rings is 1. The molecule has 3 rings (SSSR count). The van der Waals surface area contributed by atoms with Gasteiger partial charge in [0.15, 0.2) is 0 Å². The second-order valence-electron chi connectivity index (χ2n) is 4.87. The first-order valence-electron chi connectivity index (χ1n) is 7.39. The van der Waals surface area contributed by atoms with E-state index in [1.807, 2.05) is 66.0 Å². The molecule has 3 aromatic rings. The van der Waals surface area contributed by atoms with Crippen molar-refractivity contribution in [1.82, 2.24) is 10.4 Å². The predicted octanol–water partition coefficient (Wildman–Crippen LogP) is 3.73. The van der Waals surface area contributed by atoms with Gasteiger partial charge in [-0.05, 0) is 6.08 Å². The monoisotopic (exact) mass is 333 g/mol. The molecular formula is C19H15N3OS. The van der Waals surface area contributed by atoms with Gasteiger partial charge < -0.3 is 0 Å².